The molecule has 9 atom stereocenters. The molecule has 0 aliphatic carbocycles. The number of hydrogen-bond donors (Lipinski definition) is 9. The van der Waals surface area contributed by atoms with E-state index in [0.717, 1.165) is 0 Å². The Labute approximate surface area is 150 Å². The van der Waals surface area contributed by atoms with E-state index in [4.69, 9.17) is 26.0 Å². The number of ether oxygens (including phenoxy) is 2. The molecule has 12 nitrogen and oxygen atoms in total. The molecule has 11 N–H and O–H groups in total. The van der Waals surface area contributed by atoms with E-state index in [2.05, 4.69) is 5.32 Å². The van der Waals surface area contributed by atoms with Crippen molar-refractivity contribution in [2.24, 2.45) is 11.5 Å². The maximum Gasteiger partial charge on any atom is 0.217 e. The molecule has 1 heterocycles. The molecular weight excluding hydrogens is 354 g/mol. The zero-order valence-electron chi connectivity index (χ0n) is 14.4. The molecule has 1 aliphatic rings. The van der Waals surface area contributed by atoms with Gasteiger partial charge in [0, 0.05) is 13.5 Å². The molecule has 0 radical (unpaired) electrons. The Balaban J connectivity index is 2.96. The zero-order chi connectivity index (χ0) is 20.0. The van der Waals surface area contributed by atoms with E-state index in [1.54, 1.807) is 0 Å². The highest BCUT2D eigenvalue weighted by atomic mass is 16.7. The van der Waals surface area contributed by atoms with Gasteiger partial charge in [-0.3, -0.25) is 4.79 Å². The van der Waals surface area contributed by atoms with Gasteiger partial charge in [-0.25, -0.2) is 0 Å². The fourth-order valence-corrected chi connectivity index (χ4v) is 2.68. The first kappa shape index (κ1) is 23.1. The van der Waals surface area contributed by atoms with Gasteiger partial charge >= 0.3 is 0 Å². The molecule has 1 aliphatic heterocycles. The molecule has 1 rings (SSSR count). The summed E-state index contributed by atoms with van der Waals surface area (Å²) in [5.74, 6) is -0.507. The van der Waals surface area contributed by atoms with Crippen LogP contribution in [0.1, 0.15) is 6.92 Å². The summed E-state index contributed by atoms with van der Waals surface area (Å²) in [7, 11) is 0. The van der Waals surface area contributed by atoms with Gasteiger partial charge in [0.25, 0.3) is 0 Å². The molecule has 0 aromatic heterocycles. The van der Waals surface area contributed by atoms with Gasteiger partial charge in [0.15, 0.2) is 6.29 Å². The molecule has 0 bridgehead atoms. The number of amides is 1. The first-order chi connectivity index (χ1) is 12.2. The molecule has 12 heteroatoms. The summed E-state index contributed by atoms with van der Waals surface area (Å²) >= 11 is 0. The fraction of sp³-hybridized carbons (Fsp3) is 0.929. The van der Waals surface area contributed by atoms with E-state index >= 15 is 0 Å². The third kappa shape index (κ3) is 5.53. The monoisotopic (exact) mass is 383 g/mol. The lowest BCUT2D eigenvalue weighted by atomic mass is 9.95. The van der Waals surface area contributed by atoms with Gasteiger partial charge in [-0.15, -0.1) is 0 Å². The number of rotatable bonds is 9. The Morgan fingerprint density at radius 1 is 1.23 bits per heavy atom. The Morgan fingerprint density at radius 2 is 1.85 bits per heavy atom. The summed E-state index contributed by atoms with van der Waals surface area (Å²) in [6, 6.07) is -2.38. The molecule has 0 aromatic rings. The number of aliphatic hydroxyl groups excluding tert-OH is 6. The molecular formula is C14H29N3O9. The maximum absolute atomic E-state index is 11.2. The zero-order valence-corrected chi connectivity index (χ0v) is 14.4. The van der Waals surface area contributed by atoms with Crippen LogP contribution in [0.15, 0.2) is 0 Å². The minimum atomic E-state index is -1.67. The van der Waals surface area contributed by atoms with E-state index in [1.807, 2.05) is 0 Å². The highest BCUT2D eigenvalue weighted by Crippen LogP contribution is 2.24. The largest absolute Gasteiger partial charge is 0.394 e. The van der Waals surface area contributed by atoms with Crippen molar-refractivity contribution in [1.29, 1.82) is 0 Å². The minimum Gasteiger partial charge on any atom is -0.394 e. The molecule has 0 saturated carbocycles. The third-order valence-electron chi connectivity index (χ3n) is 4.18. The molecule has 0 spiro atoms. The predicted octanol–water partition coefficient (Wildman–Crippen LogP) is -5.68. The van der Waals surface area contributed by atoms with Crippen LogP contribution in [-0.2, 0) is 14.3 Å². The minimum absolute atomic E-state index is 0.306. The Kier molecular flexibility index (Phi) is 9.26. The van der Waals surface area contributed by atoms with E-state index in [0.29, 0.717) is 0 Å². The van der Waals surface area contributed by atoms with Crippen molar-refractivity contribution in [3.8, 4) is 0 Å². The van der Waals surface area contributed by atoms with Crippen LogP contribution >= 0.6 is 0 Å². The van der Waals surface area contributed by atoms with Crippen molar-refractivity contribution in [3.63, 3.8) is 0 Å². The summed E-state index contributed by atoms with van der Waals surface area (Å²) < 4.78 is 10.8. The van der Waals surface area contributed by atoms with Crippen molar-refractivity contribution in [2.75, 3.05) is 19.8 Å². The SMILES string of the molecule is CC(=O)NC1C(CO)OC(OC(C(O)CN)C(N)C(O)CO)C(O)C1O. The Morgan fingerprint density at radius 3 is 2.31 bits per heavy atom. The lowest BCUT2D eigenvalue weighted by Crippen LogP contribution is -2.66. The second-order valence-corrected chi connectivity index (χ2v) is 6.16. The molecule has 154 valence electrons. The standard InChI is InChI=1S/C14H29N3O9/c1-5(20)17-10-8(4-19)25-14(12(24)11(10)23)26-13(6(21)2-15)9(16)7(22)3-18/h6-14,18-19,21-24H,2-4,15-16H2,1H3,(H,17,20). The first-order valence-corrected chi connectivity index (χ1v) is 8.15. The van der Waals surface area contributed by atoms with Crippen LogP contribution in [0.4, 0.5) is 0 Å². The quantitative estimate of drug-likeness (QED) is 0.182. The second kappa shape index (κ2) is 10.4. The highest BCUT2D eigenvalue weighted by Gasteiger charge is 2.47. The average molecular weight is 383 g/mol. The Hall–Kier alpha value is -0.930. The topological polar surface area (TPSA) is 221 Å². The molecule has 26 heavy (non-hydrogen) atoms. The highest BCUT2D eigenvalue weighted by molar-refractivity contribution is 5.73. The smallest absolute Gasteiger partial charge is 0.217 e. The van der Waals surface area contributed by atoms with Crippen LogP contribution in [0, 0.1) is 0 Å². The third-order valence-corrected chi connectivity index (χ3v) is 4.18. The van der Waals surface area contributed by atoms with E-state index < -0.39 is 74.1 Å². The van der Waals surface area contributed by atoms with Crippen molar-refractivity contribution < 1.29 is 44.9 Å². The molecule has 1 amide bonds. The van der Waals surface area contributed by atoms with Gasteiger partial charge in [-0.05, 0) is 0 Å². The lowest BCUT2D eigenvalue weighted by molar-refractivity contribution is -0.302. The predicted molar refractivity (Wildman–Crippen MR) is 86.4 cm³/mol. The summed E-state index contributed by atoms with van der Waals surface area (Å²) in [4.78, 5) is 11.2. The van der Waals surface area contributed by atoms with Gasteiger partial charge in [0.1, 0.15) is 24.4 Å². The number of nitrogens with two attached hydrogens (primary N) is 2. The summed E-state index contributed by atoms with van der Waals surface area (Å²) in [5.41, 5.74) is 11.1. The normalized spacial score (nSPS) is 34.0. The number of nitrogens with one attached hydrogen (secondary N) is 1. The molecule has 1 saturated heterocycles. The fourth-order valence-electron chi connectivity index (χ4n) is 2.68. The van der Waals surface area contributed by atoms with Gasteiger partial charge in [-0.1, -0.05) is 0 Å². The van der Waals surface area contributed by atoms with Gasteiger partial charge in [0.2, 0.25) is 5.91 Å². The second-order valence-electron chi connectivity index (χ2n) is 6.16. The molecule has 1 fully saturated rings. The van der Waals surface area contributed by atoms with E-state index in [-0.39, 0.29) is 6.54 Å². The van der Waals surface area contributed by atoms with E-state index in [9.17, 15) is 30.3 Å². The van der Waals surface area contributed by atoms with Crippen molar-refractivity contribution in [1.82, 2.24) is 5.32 Å². The summed E-state index contributed by atoms with van der Waals surface area (Å²) in [6.07, 6.45) is -10.1. The maximum atomic E-state index is 11.2. The van der Waals surface area contributed by atoms with Gasteiger partial charge in [0.05, 0.1) is 37.5 Å². The summed E-state index contributed by atoms with van der Waals surface area (Å²) in [5, 5.41) is 60.9. The van der Waals surface area contributed by atoms with Gasteiger partial charge < -0.3 is 56.9 Å². The van der Waals surface area contributed by atoms with E-state index in [1.165, 1.54) is 6.92 Å². The van der Waals surface area contributed by atoms with Crippen LogP contribution in [-0.4, -0.2) is 111 Å². The average Bonchev–Trinajstić information content (AvgIpc) is 2.62. The van der Waals surface area contributed by atoms with Crippen molar-refractivity contribution >= 4 is 5.91 Å². The molecule has 9 unspecified atom stereocenters. The van der Waals surface area contributed by atoms with Crippen molar-refractivity contribution in [3.05, 3.63) is 0 Å². The Bertz CT molecular complexity index is 442. The van der Waals surface area contributed by atoms with Crippen molar-refractivity contribution in [2.45, 2.75) is 61.9 Å². The van der Waals surface area contributed by atoms with Crippen LogP contribution in [0.2, 0.25) is 0 Å². The van der Waals surface area contributed by atoms with Crippen LogP contribution < -0.4 is 16.8 Å². The summed E-state index contributed by atoms with van der Waals surface area (Å²) in [6.45, 7) is -0.429. The van der Waals surface area contributed by atoms with Gasteiger partial charge in [-0.2, -0.15) is 0 Å². The number of carbonyl (C=O) groups excluding carboxylic acids is 1. The molecule has 0 aromatic carbocycles. The number of aliphatic hydroxyl groups is 6. The van der Waals surface area contributed by atoms with Crippen LogP contribution in [0.25, 0.3) is 0 Å². The first-order valence-electron chi connectivity index (χ1n) is 8.15. The number of hydrogen-bond acceptors (Lipinski definition) is 11. The van der Waals surface area contributed by atoms with Crippen LogP contribution in [0.5, 0.6) is 0 Å². The lowest BCUT2D eigenvalue weighted by Gasteiger charge is -2.44. The number of carbonyl (C=O) groups is 1. The van der Waals surface area contributed by atoms with Crippen LogP contribution in [0.3, 0.4) is 0 Å².